The molecule has 126 valence electrons. The number of nitrogens with zero attached hydrogens (tertiary/aromatic N) is 2. The van der Waals surface area contributed by atoms with E-state index in [0.717, 1.165) is 17.1 Å². The molecule has 7 nitrogen and oxygen atoms in total. The summed E-state index contributed by atoms with van der Waals surface area (Å²) in [6.45, 7) is 6.57. The summed E-state index contributed by atoms with van der Waals surface area (Å²) >= 11 is 0. The molecule has 0 fully saturated rings. The molecule has 2 N–H and O–H groups in total. The molecule has 0 spiro atoms. The molecule has 0 saturated heterocycles. The van der Waals surface area contributed by atoms with Crippen LogP contribution in [0.1, 0.15) is 36.8 Å². The van der Waals surface area contributed by atoms with Gasteiger partial charge in [-0.1, -0.05) is 6.07 Å². The predicted octanol–water partition coefficient (Wildman–Crippen LogP) is 2.35. The fourth-order valence-electron chi connectivity index (χ4n) is 2.23. The van der Waals surface area contributed by atoms with Crippen LogP contribution < -0.4 is 20.1 Å². The predicted molar refractivity (Wildman–Crippen MR) is 89.1 cm³/mol. The number of amides is 1. The lowest BCUT2D eigenvalue weighted by Crippen LogP contribution is -2.40. The Morgan fingerprint density at radius 2 is 1.96 bits per heavy atom. The molecule has 3 rings (SSSR count). The second-order valence-electron chi connectivity index (χ2n) is 6.53. The number of hydrogen-bond donors (Lipinski definition) is 2. The SMILES string of the molecule is CC(C)(C)NC(=O)c1cc(NCc2ccc3c(c2)OCO3)ncn1. The lowest BCUT2D eigenvalue weighted by Gasteiger charge is -2.20. The standard InChI is InChI=1S/C17H20N4O3/c1-17(2,3)21-16(22)12-7-15(20-9-19-12)18-8-11-4-5-13-14(6-11)24-10-23-13/h4-7,9H,8,10H2,1-3H3,(H,21,22)(H,18,19,20). The van der Waals surface area contributed by atoms with Crippen molar-refractivity contribution < 1.29 is 14.3 Å². The first kappa shape index (κ1) is 16.0. The third kappa shape index (κ3) is 3.92. The molecular weight excluding hydrogens is 308 g/mol. The number of benzene rings is 1. The van der Waals surface area contributed by atoms with Gasteiger partial charge < -0.3 is 20.1 Å². The van der Waals surface area contributed by atoms with Gasteiger partial charge in [0.15, 0.2) is 11.5 Å². The van der Waals surface area contributed by atoms with E-state index in [1.165, 1.54) is 6.33 Å². The van der Waals surface area contributed by atoms with E-state index in [1.807, 2.05) is 39.0 Å². The molecule has 1 aromatic heterocycles. The number of rotatable bonds is 4. The summed E-state index contributed by atoms with van der Waals surface area (Å²) in [5, 5.41) is 6.06. The van der Waals surface area contributed by atoms with Gasteiger partial charge in [-0.15, -0.1) is 0 Å². The zero-order chi connectivity index (χ0) is 17.2. The van der Waals surface area contributed by atoms with Crippen molar-refractivity contribution in [1.29, 1.82) is 0 Å². The molecule has 2 heterocycles. The number of aromatic nitrogens is 2. The van der Waals surface area contributed by atoms with Gasteiger partial charge in [0.2, 0.25) is 6.79 Å². The number of ether oxygens (including phenoxy) is 2. The van der Waals surface area contributed by atoms with Crippen molar-refractivity contribution in [3.63, 3.8) is 0 Å². The molecule has 7 heteroatoms. The van der Waals surface area contributed by atoms with E-state index in [1.54, 1.807) is 6.07 Å². The van der Waals surface area contributed by atoms with E-state index in [4.69, 9.17) is 9.47 Å². The highest BCUT2D eigenvalue weighted by molar-refractivity contribution is 5.93. The summed E-state index contributed by atoms with van der Waals surface area (Å²) in [5.74, 6) is 1.85. The minimum atomic E-state index is -0.317. The molecule has 1 aliphatic rings. The first-order valence-electron chi connectivity index (χ1n) is 7.68. The third-order valence-corrected chi connectivity index (χ3v) is 3.30. The molecule has 0 atom stereocenters. The monoisotopic (exact) mass is 328 g/mol. The van der Waals surface area contributed by atoms with Crippen LogP contribution in [-0.4, -0.2) is 28.2 Å². The van der Waals surface area contributed by atoms with Crippen molar-refractivity contribution in [1.82, 2.24) is 15.3 Å². The number of fused-ring (bicyclic) bond motifs is 1. The van der Waals surface area contributed by atoms with Crippen molar-refractivity contribution >= 4 is 11.7 Å². The quantitative estimate of drug-likeness (QED) is 0.896. The van der Waals surface area contributed by atoms with Gasteiger partial charge in [0.1, 0.15) is 17.8 Å². The Labute approximate surface area is 140 Å². The average molecular weight is 328 g/mol. The average Bonchev–Trinajstić information content (AvgIpc) is 2.99. The van der Waals surface area contributed by atoms with Crippen LogP contribution in [-0.2, 0) is 6.54 Å². The van der Waals surface area contributed by atoms with Crippen LogP contribution in [0.3, 0.4) is 0 Å². The first-order valence-corrected chi connectivity index (χ1v) is 7.68. The van der Waals surface area contributed by atoms with Crippen molar-refractivity contribution in [2.75, 3.05) is 12.1 Å². The molecule has 2 aromatic rings. The second-order valence-corrected chi connectivity index (χ2v) is 6.53. The molecule has 1 aromatic carbocycles. The molecule has 1 aliphatic heterocycles. The maximum absolute atomic E-state index is 12.2. The molecule has 0 radical (unpaired) electrons. The summed E-state index contributed by atoms with van der Waals surface area (Å²) in [7, 11) is 0. The zero-order valence-electron chi connectivity index (χ0n) is 13.9. The Morgan fingerprint density at radius 3 is 2.75 bits per heavy atom. The van der Waals surface area contributed by atoms with Crippen LogP contribution in [0.4, 0.5) is 5.82 Å². The van der Waals surface area contributed by atoms with Gasteiger partial charge in [0.05, 0.1) is 0 Å². The second kappa shape index (κ2) is 6.35. The molecule has 24 heavy (non-hydrogen) atoms. The van der Waals surface area contributed by atoms with Crippen LogP contribution in [0, 0.1) is 0 Å². The fraction of sp³-hybridized carbons (Fsp3) is 0.353. The Balaban J connectivity index is 1.65. The molecule has 0 saturated carbocycles. The van der Waals surface area contributed by atoms with E-state index >= 15 is 0 Å². The van der Waals surface area contributed by atoms with E-state index < -0.39 is 0 Å². The van der Waals surface area contributed by atoms with Gasteiger partial charge in [-0.2, -0.15) is 0 Å². The Bertz CT molecular complexity index is 756. The highest BCUT2D eigenvalue weighted by atomic mass is 16.7. The maximum atomic E-state index is 12.2. The van der Waals surface area contributed by atoms with Gasteiger partial charge in [-0.25, -0.2) is 9.97 Å². The van der Waals surface area contributed by atoms with Crippen LogP contribution in [0.25, 0.3) is 0 Å². The van der Waals surface area contributed by atoms with E-state index in [9.17, 15) is 4.79 Å². The maximum Gasteiger partial charge on any atom is 0.270 e. The van der Waals surface area contributed by atoms with Crippen LogP contribution in [0.2, 0.25) is 0 Å². The highest BCUT2D eigenvalue weighted by Gasteiger charge is 2.17. The Kier molecular flexibility index (Phi) is 4.24. The first-order chi connectivity index (χ1) is 11.4. The summed E-state index contributed by atoms with van der Waals surface area (Å²) in [5.41, 5.74) is 1.04. The Morgan fingerprint density at radius 1 is 1.17 bits per heavy atom. The highest BCUT2D eigenvalue weighted by Crippen LogP contribution is 2.32. The number of nitrogens with one attached hydrogen (secondary N) is 2. The minimum absolute atomic E-state index is 0.226. The number of carbonyl (C=O) groups excluding carboxylic acids is 1. The summed E-state index contributed by atoms with van der Waals surface area (Å²) in [6.07, 6.45) is 1.37. The minimum Gasteiger partial charge on any atom is -0.454 e. The van der Waals surface area contributed by atoms with Crippen molar-refractivity contribution in [2.24, 2.45) is 0 Å². The normalized spacial score (nSPS) is 12.8. The van der Waals surface area contributed by atoms with Crippen LogP contribution in [0.5, 0.6) is 11.5 Å². The van der Waals surface area contributed by atoms with Crippen LogP contribution >= 0.6 is 0 Å². The molecule has 0 bridgehead atoms. The summed E-state index contributed by atoms with van der Waals surface area (Å²) < 4.78 is 10.6. The van der Waals surface area contributed by atoms with Gasteiger partial charge in [0, 0.05) is 18.2 Å². The van der Waals surface area contributed by atoms with E-state index in [2.05, 4.69) is 20.6 Å². The van der Waals surface area contributed by atoms with Gasteiger partial charge >= 0.3 is 0 Å². The van der Waals surface area contributed by atoms with Crippen molar-refractivity contribution in [3.8, 4) is 11.5 Å². The summed E-state index contributed by atoms with van der Waals surface area (Å²) in [4.78, 5) is 20.3. The fourth-order valence-corrected chi connectivity index (χ4v) is 2.23. The number of hydrogen-bond acceptors (Lipinski definition) is 6. The molecule has 0 unspecified atom stereocenters. The van der Waals surface area contributed by atoms with Crippen LogP contribution in [0.15, 0.2) is 30.6 Å². The lowest BCUT2D eigenvalue weighted by atomic mass is 10.1. The van der Waals surface area contributed by atoms with E-state index in [0.29, 0.717) is 18.1 Å². The number of anilines is 1. The Hall–Kier alpha value is -2.83. The van der Waals surface area contributed by atoms with Crippen molar-refractivity contribution in [2.45, 2.75) is 32.9 Å². The van der Waals surface area contributed by atoms with Crippen molar-refractivity contribution in [3.05, 3.63) is 41.9 Å². The number of carbonyl (C=O) groups is 1. The van der Waals surface area contributed by atoms with Gasteiger partial charge in [-0.05, 0) is 38.5 Å². The zero-order valence-corrected chi connectivity index (χ0v) is 13.9. The smallest absolute Gasteiger partial charge is 0.270 e. The molecular formula is C17H20N4O3. The topological polar surface area (TPSA) is 85.4 Å². The largest absolute Gasteiger partial charge is 0.454 e. The lowest BCUT2D eigenvalue weighted by molar-refractivity contribution is 0.0914. The van der Waals surface area contributed by atoms with E-state index in [-0.39, 0.29) is 18.2 Å². The molecule has 1 amide bonds. The van der Waals surface area contributed by atoms with Gasteiger partial charge in [-0.3, -0.25) is 4.79 Å². The molecule has 0 aliphatic carbocycles. The van der Waals surface area contributed by atoms with Gasteiger partial charge in [0.25, 0.3) is 5.91 Å². The summed E-state index contributed by atoms with van der Waals surface area (Å²) in [6, 6.07) is 7.38. The third-order valence-electron chi connectivity index (χ3n) is 3.30.